The molecule has 0 aliphatic heterocycles. The Kier molecular flexibility index (Phi) is 10.7. The van der Waals surface area contributed by atoms with Crippen molar-refractivity contribution in [2.24, 2.45) is 4.99 Å². The Morgan fingerprint density at radius 2 is 1.71 bits per heavy atom. The number of hydrogen-bond donors (Lipinski definition) is 1. The van der Waals surface area contributed by atoms with Crippen LogP contribution in [-0.2, 0) is 12.8 Å². The summed E-state index contributed by atoms with van der Waals surface area (Å²) in [6, 6.07) is 14.7. The predicted octanol–water partition coefficient (Wildman–Crippen LogP) is 3.92. The van der Waals surface area contributed by atoms with E-state index in [9.17, 15) is 0 Å². The van der Waals surface area contributed by atoms with E-state index in [-0.39, 0.29) is 24.0 Å². The molecule has 0 heterocycles. The van der Waals surface area contributed by atoms with Crippen molar-refractivity contribution in [1.82, 2.24) is 10.2 Å². The highest BCUT2D eigenvalue weighted by Crippen LogP contribution is 2.27. The quantitative estimate of drug-likeness (QED) is 0.341. The lowest BCUT2D eigenvalue weighted by Gasteiger charge is -2.22. The number of nitrogens with one attached hydrogen (secondary N) is 1. The summed E-state index contributed by atoms with van der Waals surface area (Å²) in [5.74, 6) is 2.42. The molecule has 0 saturated carbocycles. The van der Waals surface area contributed by atoms with Gasteiger partial charge in [0.15, 0.2) is 17.5 Å². The van der Waals surface area contributed by atoms with Crippen LogP contribution in [0, 0.1) is 6.92 Å². The molecule has 2 rings (SSSR count). The maximum atomic E-state index is 5.38. The summed E-state index contributed by atoms with van der Waals surface area (Å²) in [5, 5.41) is 3.45. The summed E-state index contributed by atoms with van der Waals surface area (Å²) in [6.45, 7) is 3.84. The van der Waals surface area contributed by atoms with Crippen LogP contribution in [0.3, 0.4) is 0 Å². The van der Waals surface area contributed by atoms with Gasteiger partial charge in [-0.3, -0.25) is 4.99 Å². The van der Waals surface area contributed by atoms with Crippen LogP contribution in [-0.4, -0.2) is 52.3 Å². The van der Waals surface area contributed by atoms with Gasteiger partial charge < -0.3 is 19.7 Å². The predicted molar refractivity (Wildman–Crippen MR) is 128 cm³/mol. The average Bonchev–Trinajstić information content (AvgIpc) is 2.69. The Balaban J connectivity index is 0.00000392. The van der Waals surface area contributed by atoms with Crippen LogP contribution in [0.25, 0.3) is 0 Å². The molecular weight excluding hydrogens is 465 g/mol. The normalized spacial score (nSPS) is 10.8. The lowest BCUT2D eigenvalue weighted by Crippen LogP contribution is -2.40. The molecule has 0 aliphatic carbocycles. The SMILES string of the molecule is CN=C(NCCc1cccc(C)c1)N(C)CCc1ccc(OC)c(OC)c1.I. The molecule has 154 valence electrons. The van der Waals surface area contributed by atoms with Crippen LogP contribution in [0.4, 0.5) is 0 Å². The smallest absolute Gasteiger partial charge is 0.193 e. The summed E-state index contributed by atoms with van der Waals surface area (Å²) in [6.07, 6.45) is 1.87. The second-order valence-electron chi connectivity index (χ2n) is 6.57. The zero-order valence-electron chi connectivity index (χ0n) is 17.5. The van der Waals surface area contributed by atoms with Crippen LogP contribution in [0.1, 0.15) is 16.7 Å². The van der Waals surface area contributed by atoms with Crippen molar-refractivity contribution in [3.63, 3.8) is 0 Å². The third-order valence-electron chi connectivity index (χ3n) is 4.54. The minimum absolute atomic E-state index is 0. The number of aryl methyl sites for hydroxylation is 1. The van der Waals surface area contributed by atoms with Crippen molar-refractivity contribution >= 4 is 29.9 Å². The molecule has 5 nitrogen and oxygen atoms in total. The van der Waals surface area contributed by atoms with Gasteiger partial charge in [0, 0.05) is 27.2 Å². The highest BCUT2D eigenvalue weighted by atomic mass is 127. The fraction of sp³-hybridized carbons (Fsp3) is 0.409. The van der Waals surface area contributed by atoms with Gasteiger partial charge in [-0.15, -0.1) is 24.0 Å². The molecule has 0 radical (unpaired) electrons. The third-order valence-corrected chi connectivity index (χ3v) is 4.54. The number of aliphatic imine (C=N–C) groups is 1. The van der Waals surface area contributed by atoms with Gasteiger partial charge in [-0.05, 0) is 43.0 Å². The highest BCUT2D eigenvalue weighted by Gasteiger charge is 2.08. The molecule has 0 bridgehead atoms. The molecule has 0 aromatic heterocycles. The molecule has 6 heteroatoms. The van der Waals surface area contributed by atoms with Gasteiger partial charge in [0.2, 0.25) is 0 Å². The summed E-state index contributed by atoms with van der Waals surface area (Å²) >= 11 is 0. The Morgan fingerprint density at radius 3 is 2.36 bits per heavy atom. The molecule has 0 atom stereocenters. The Labute approximate surface area is 186 Å². The lowest BCUT2D eigenvalue weighted by atomic mass is 10.1. The first-order chi connectivity index (χ1) is 13.1. The van der Waals surface area contributed by atoms with E-state index in [2.05, 4.69) is 59.5 Å². The van der Waals surface area contributed by atoms with Crippen molar-refractivity contribution < 1.29 is 9.47 Å². The van der Waals surface area contributed by atoms with Gasteiger partial charge >= 0.3 is 0 Å². The maximum Gasteiger partial charge on any atom is 0.193 e. The summed E-state index contributed by atoms with van der Waals surface area (Å²) in [5.41, 5.74) is 3.84. The van der Waals surface area contributed by atoms with Gasteiger partial charge in [0.05, 0.1) is 14.2 Å². The molecule has 0 aliphatic rings. The van der Waals surface area contributed by atoms with E-state index in [0.717, 1.165) is 43.4 Å². The molecule has 0 amide bonds. The number of nitrogens with zero attached hydrogens (tertiary/aromatic N) is 2. The molecule has 28 heavy (non-hydrogen) atoms. The van der Waals surface area contributed by atoms with E-state index in [4.69, 9.17) is 9.47 Å². The van der Waals surface area contributed by atoms with Gasteiger partial charge in [0.1, 0.15) is 0 Å². The van der Waals surface area contributed by atoms with Crippen LogP contribution in [0.5, 0.6) is 11.5 Å². The van der Waals surface area contributed by atoms with Crippen molar-refractivity contribution in [1.29, 1.82) is 0 Å². The average molecular weight is 497 g/mol. The highest BCUT2D eigenvalue weighted by molar-refractivity contribution is 14.0. The number of methoxy groups -OCH3 is 2. The first-order valence-electron chi connectivity index (χ1n) is 9.25. The maximum absolute atomic E-state index is 5.38. The van der Waals surface area contributed by atoms with Gasteiger partial charge in [-0.1, -0.05) is 35.9 Å². The number of ether oxygens (including phenoxy) is 2. The van der Waals surface area contributed by atoms with Crippen molar-refractivity contribution in [3.05, 3.63) is 59.2 Å². The van der Waals surface area contributed by atoms with Crippen LogP contribution in [0.2, 0.25) is 0 Å². The topological polar surface area (TPSA) is 46.1 Å². The first kappa shape index (κ1) is 24.1. The second-order valence-corrected chi connectivity index (χ2v) is 6.57. The zero-order valence-corrected chi connectivity index (χ0v) is 19.8. The second kappa shape index (κ2) is 12.5. The van der Waals surface area contributed by atoms with E-state index in [1.165, 1.54) is 16.7 Å². The van der Waals surface area contributed by atoms with E-state index in [1.54, 1.807) is 14.2 Å². The molecular formula is C22H32IN3O2. The third kappa shape index (κ3) is 7.22. The first-order valence-corrected chi connectivity index (χ1v) is 9.25. The van der Waals surface area contributed by atoms with Gasteiger partial charge in [-0.25, -0.2) is 0 Å². The minimum Gasteiger partial charge on any atom is -0.493 e. The number of halogens is 1. The molecule has 2 aromatic rings. The largest absolute Gasteiger partial charge is 0.493 e. The number of guanidine groups is 1. The molecule has 0 saturated heterocycles. The number of hydrogen-bond acceptors (Lipinski definition) is 3. The number of likely N-dealkylation sites (N-methyl/N-ethyl adjacent to an activating group) is 1. The fourth-order valence-electron chi connectivity index (χ4n) is 3.01. The molecule has 0 unspecified atom stereocenters. The minimum atomic E-state index is 0. The number of rotatable bonds is 8. The van der Waals surface area contributed by atoms with E-state index >= 15 is 0 Å². The van der Waals surface area contributed by atoms with E-state index < -0.39 is 0 Å². The van der Waals surface area contributed by atoms with Crippen LogP contribution >= 0.6 is 24.0 Å². The summed E-state index contributed by atoms with van der Waals surface area (Å²) in [7, 11) is 7.19. The Morgan fingerprint density at radius 1 is 1.00 bits per heavy atom. The van der Waals surface area contributed by atoms with Crippen LogP contribution in [0.15, 0.2) is 47.5 Å². The molecule has 1 N–H and O–H groups in total. The monoisotopic (exact) mass is 497 g/mol. The summed E-state index contributed by atoms with van der Waals surface area (Å²) < 4.78 is 10.7. The molecule has 0 spiro atoms. The van der Waals surface area contributed by atoms with E-state index in [0.29, 0.717) is 0 Å². The lowest BCUT2D eigenvalue weighted by molar-refractivity contribution is 0.354. The standard InChI is InChI=1S/C22H31N3O2.HI/c1-17-7-6-8-18(15-17)11-13-24-22(23-2)25(3)14-12-19-9-10-20(26-4)21(16-19)27-5;/h6-10,15-16H,11-14H2,1-5H3,(H,23,24);1H. The Bertz CT molecular complexity index is 765. The van der Waals surface area contributed by atoms with Gasteiger partial charge in [-0.2, -0.15) is 0 Å². The van der Waals surface area contributed by atoms with Crippen molar-refractivity contribution in [2.75, 3.05) is 41.4 Å². The Hall–Kier alpha value is -1.96. The van der Waals surface area contributed by atoms with Crippen molar-refractivity contribution in [3.8, 4) is 11.5 Å². The van der Waals surface area contributed by atoms with Crippen LogP contribution < -0.4 is 14.8 Å². The molecule has 2 aromatic carbocycles. The van der Waals surface area contributed by atoms with E-state index in [1.807, 2.05) is 19.2 Å². The van der Waals surface area contributed by atoms with Gasteiger partial charge in [0.25, 0.3) is 0 Å². The summed E-state index contributed by atoms with van der Waals surface area (Å²) in [4.78, 5) is 6.54. The zero-order chi connectivity index (χ0) is 19.6. The number of benzene rings is 2. The molecule has 0 fully saturated rings. The fourth-order valence-corrected chi connectivity index (χ4v) is 3.01. The van der Waals surface area contributed by atoms with Crippen molar-refractivity contribution in [2.45, 2.75) is 19.8 Å².